The van der Waals surface area contributed by atoms with Gasteiger partial charge in [0, 0.05) is 6.04 Å². The molecule has 3 aliphatic heterocycles. The van der Waals surface area contributed by atoms with Crippen LogP contribution in [0.15, 0.2) is 23.4 Å². The number of nitroso groups, excluding NO2 is 1. The molecule has 2 unspecified atom stereocenters. The molecule has 0 aliphatic carbocycles. The average molecular weight is 340 g/mol. The van der Waals surface area contributed by atoms with E-state index in [2.05, 4.69) is 10.5 Å². The number of imide groups is 1. The molecule has 1 N–H and O–H groups in total. The normalized spacial score (nSPS) is 28.7. The fourth-order valence-electron chi connectivity index (χ4n) is 3.70. The van der Waals surface area contributed by atoms with E-state index in [0.717, 1.165) is 23.5 Å². The Balaban J connectivity index is 1.76. The predicted molar refractivity (Wildman–Crippen MR) is 75.4 cm³/mol. The highest BCUT2D eigenvalue weighted by Gasteiger charge is 2.59. The zero-order valence-corrected chi connectivity index (χ0v) is 12.1. The molecule has 24 heavy (non-hydrogen) atoms. The third-order valence-corrected chi connectivity index (χ3v) is 4.70. The quantitative estimate of drug-likeness (QED) is 0.662. The number of rotatable bonds is 2. The highest BCUT2D eigenvalue weighted by molar-refractivity contribution is 6.22. The number of amides is 3. The second kappa shape index (κ2) is 4.76. The third kappa shape index (κ3) is 1.89. The summed E-state index contributed by atoms with van der Waals surface area (Å²) in [6.07, 6.45) is -3.64. The lowest BCUT2D eigenvalue weighted by Crippen LogP contribution is -2.42. The Morgan fingerprint density at radius 1 is 1.21 bits per heavy atom. The number of hydrogen-bond acceptors (Lipinski definition) is 5. The van der Waals surface area contributed by atoms with Gasteiger partial charge in [-0.15, -0.1) is 4.91 Å². The van der Waals surface area contributed by atoms with E-state index in [1.807, 2.05) is 0 Å². The number of halogens is 3. The molecule has 3 heterocycles. The molecule has 0 saturated carbocycles. The zero-order chi connectivity index (χ0) is 17.2. The smallest absolute Gasteiger partial charge is 0.295 e. The van der Waals surface area contributed by atoms with Crippen molar-refractivity contribution in [3.63, 3.8) is 0 Å². The molecular weight excluding hydrogens is 329 g/mol. The number of anilines is 1. The molecule has 7 nitrogen and oxygen atoms in total. The van der Waals surface area contributed by atoms with Crippen molar-refractivity contribution in [2.45, 2.75) is 37.3 Å². The molecule has 4 rings (SSSR count). The lowest BCUT2D eigenvalue weighted by atomic mass is 10.0. The summed E-state index contributed by atoms with van der Waals surface area (Å²) < 4.78 is 39.2. The number of fused-ring (bicyclic) bond motifs is 5. The second-order valence-corrected chi connectivity index (χ2v) is 5.97. The van der Waals surface area contributed by atoms with Crippen molar-refractivity contribution in [2.75, 3.05) is 4.90 Å². The van der Waals surface area contributed by atoms with Crippen molar-refractivity contribution in [2.24, 2.45) is 5.18 Å². The summed E-state index contributed by atoms with van der Waals surface area (Å²) in [5, 5.41) is 5.49. The highest BCUT2D eigenvalue weighted by Crippen LogP contribution is 2.42. The maximum absolute atomic E-state index is 13.1. The first-order chi connectivity index (χ1) is 11.3. The summed E-state index contributed by atoms with van der Waals surface area (Å²) in [6, 6.07) is 1.10. The first-order valence-corrected chi connectivity index (χ1v) is 7.30. The minimum absolute atomic E-state index is 0.172. The predicted octanol–water partition coefficient (Wildman–Crippen LogP) is 2.33. The zero-order valence-electron chi connectivity index (χ0n) is 12.1. The van der Waals surface area contributed by atoms with Crippen molar-refractivity contribution in [3.05, 3.63) is 28.7 Å². The Morgan fingerprint density at radius 2 is 1.96 bits per heavy atom. The van der Waals surface area contributed by atoms with Crippen molar-refractivity contribution in [1.82, 2.24) is 10.2 Å². The number of carbonyl (C=O) groups excluding carboxylic acids is 2. The molecule has 3 fully saturated rings. The monoisotopic (exact) mass is 340 g/mol. The largest absolute Gasteiger partial charge is 0.418 e. The van der Waals surface area contributed by atoms with Crippen LogP contribution in [0.2, 0.25) is 0 Å². The first kappa shape index (κ1) is 15.1. The van der Waals surface area contributed by atoms with Gasteiger partial charge in [-0.1, -0.05) is 0 Å². The fourth-order valence-corrected chi connectivity index (χ4v) is 3.70. The van der Waals surface area contributed by atoms with Crippen LogP contribution >= 0.6 is 0 Å². The van der Waals surface area contributed by atoms with E-state index in [0.29, 0.717) is 12.5 Å². The Bertz CT molecular complexity index is 738. The summed E-state index contributed by atoms with van der Waals surface area (Å²) in [4.78, 5) is 37.8. The topological polar surface area (TPSA) is 82.1 Å². The molecule has 3 amide bonds. The van der Waals surface area contributed by atoms with E-state index in [1.165, 1.54) is 4.90 Å². The van der Waals surface area contributed by atoms with Gasteiger partial charge in [-0.2, -0.15) is 13.2 Å². The maximum Gasteiger partial charge on any atom is 0.418 e. The number of nitrogens with zero attached hydrogens (tertiary/aromatic N) is 3. The molecule has 126 valence electrons. The lowest BCUT2D eigenvalue weighted by molar-refractivity contribution is -0.137. The van der Waals surface area contributed by atoms with Crippen molar-refractivity contribution in [1.29, 1.82) is 0 Å². The van der Waals surface area contributed by atoms with E-state index < -0.39 is 35.4 Å². The molecule has 0 aromatic heterocycles. The SMILES string of the molecule is O=Nc1ccc(N2C(=O)[C@H]3C4CCC(N4)N3C2=O)cc1C(F)(F)F. The van der Waals surface area contributed by atoms with Crippen molar-refractivity contribution < 1.29 is 22.8 Å². The molecule has 10 heteroatoms. The Kier molecular flexibility index (Phi) is 2.99. The van der Waals surface area contributed by atoms with Gasteiger partial charge in [-0.25, -0.2) is 9.69 Å². The van der Waals surface area contributed by atoms with Crippen molar-refractivity contribution >= 4 is 23.3 Å². The van der Waals surface area contributed by atoms with Crippen LogP contribution in [0.3, 0.4) is 0 Å². The van der Waals surface area contributed by atoms with Gasteiger partial charge in [0.05, 0.1) is 17.4 Å². The highest BCUT2D eigenvalue weighted by atomic mass is 19.4. The Labute approximate surface area is 133 Å². The summed E-state index contributed by atoms with van der Waals surface area (Å²) in [5.41, 5.74) is -2.27. The minimum atomic E-state index is -4.82. The summed E-state index contributed by atoms with van der Waals surface area (Å²) in [5.74, 6) is -0.556. The number of benzene rings is 1. The van der Waals surface area contributed by atoms with E-state index in [-0.39, 0.29) is 17.9 Å². The molecule has 1 aromatic rings. The van der Waals surface area contributed by atoms with Crippen LogP contribution < -0.4 is 10.2 Å². The van der Waals surface area contributed by atoms with Gasteiger partial charge in [0.1, 0.15) is 11.7 Å². The van der Waals surface area contributed by atoms with Gasteiger partial charge in [0.25, 0.3) is 5.91 Å². The Hall–Kier alpha value is -2.49. The first-order valence-electron chi connectivity index (χ1n) is 7.30. The number of nitrogens with one attached hydrogen (secondary N) is 1. The van der Waals surface area contributed by atoms with Crippen LogP contribution in [0.25, 0.3) is 0 Å². The van der Waals surface area contributed by atoms with Crippen LogP contribution in [-0.4, -0.2) is 35.1 Å². The fraction of sp³-hybridized carbons (Fsp3) is 0.429. The Morgan fingerprint density at radius 3 is 2.58 bits per heavy atom. The van der Waals surface area contributed by atoms with Crippen LogP contribution in [0.4, 0.5) is 29.3 Å². The van der Waals surface area contributed by atoms with E-state index in [4.69, 9.17) is 0 Å². The molecule has 3 atom stereocenters. The van der Waals surface area contributed by atoms with Crippen molar-refractivity contribution in [3.8, 4) is 0 Å². The summed E-state index contributed by atoms with van der Waals surface area (Å²) in [6.45, 7) is 0. The minimum Gasteiger partial charge on any atom is -0.295 e. The van der Waals surface area contributed by atoms with Gasteiger partial charge in [-0.3, -0.25) is 15.0 Å². The van der Waals surface area contributed by atoms with E-state index in [9.17, 15) is 27.7 Å². The molecular formula is C14H11F3N4O3. The van der Waals surface area contributed by atoms with Gasteiger partial charge in [0.2, 0.25) is 0 Å². The summed E-state index contributed by atoms with van der Waals surface area (Å²) in [7, 11) is 0. The lowest BCUT2D eigenvalue weighted by Gasteiger charge is -2.24. The van der Waals surface area contributed by atoms with Gasteiger partial charge < -0.3 is 0 Å². The number of urea groups is 1. The number of piperidine rings is 1. The van der Waals surface area contributed by atoms with Crippen LogP contribution in [0.5, 0.6) is 0 Å². The molecule has 0 spiro atoms. The standard InChI is InChI=1S/C14H11F3N4O3/c15-14(16,17)7-5-6(1-2-8(7)19-24)20-12(22)11-9-3-4-10(18-9)21(11)13(20)23/h1-2,5,9-11,18H,3-4H2/t9?,10?,11-/m1/s1. The van der Waals surface area contributed by atoms with Crippen LogP contribution in [-0.2, 0) is 11.0 Å². The second-order valence-electron chi connectivity index (χ2n) is 5.97. The molecule has 0 radical (unpaired) electrons. The third-order valence-electron chi connectivity index (χ3n) is 4.70. The van der Waals surface area contributed by atoms with Gasteiger partial charge in [-0.05, 0) is 36.2 Å². The van der Waals surface area contributed by atoms with E-state index in [1.54, 1.807) is 0 Å². The van der Waals surface area contributed by atoms with E-state index >= 15 is 0 Å². The van der Waals surface area contributed by atoms with Crippen LogP contribution in [0.1, 0.15) is 18.4 Å². The maximum atomic E-state index is 13.1. The van der Waals surface area contributed by atoms with Crippen LogP contribution in [0, 0.1) is 4.91 Å². The molecule has 2 bridgehead atoms. The summed E-state index contributed by atoms with van der Waals surface area (Å²) >= 11 is 0. The van der Waals surface area contributed by atoms with Gasteiger partial charge in [0.15, 0.2) is 0 Å². The number of alkyl halides is 3. The average Bonchev–Trinajstić information content (AvgIpc) is 3.20. The molecule has 3 saturated heterocycles. The molecule has 3 aliphatic rings. The van der Waals surface area contributed by atoms with Gasteiger partial charge >= 0.3 is 12.2 Å². The number of carbonyl (C=O) groups is 2. The molecule has 1 aromatic carbocycles. The number of hydrogen-bond donors (Lipinski definition) is 1.